The van der Waals surface area contributed by atoms with Crippen LogP contribution in [0.1, 0.15) is 31.0 Å². The van der Waals surface area contributed by atoms with Crippen LogP contribution in [0.2, 0.25) is 0 Å². The number of fused-ring (bicyclic) bond motifs is 1. The van der Waals surface area contributed by atoms with E-state index in [0.29, 0.717) is 37.7 Å². The van der Waals surface area contributed by atoms with E-state index >= 15 is 0 Å². The highest BCUT2D eigenvalue weighted by molar-refractivity contribution is 7.07. The van der Waals surface area contributed by atoms with Gasteiger partial charge in [-0.15, -0.1) is 0 Å². The predicted octanol–water partition coefficient (Wildman–Crippen LogP) is 2.48. The molecule has 0 saturated carbocycles. The molecule has 1 unspecified atom stereocenters. The van der Waals surface area contributed by atoms with Crippen LogP contribution in [-0.2, 0) is 9.53 Å². The van der Waals surface area contributed by atoms with Gasteiger partial charge in [-0.25, -0.2) is 9.79 Å². The van der Waals surface area contributed by atoms with Gasteiger partial charge < -0.3 is 24.0 Å². The molecule has 0 aliphatic carbocycles. The Morgan fingerprint density at radius 3 is 2.49 bits per heavy atom. The van der Waals surface area contributed by atoms with Gasteiger partial charge in [-0.1, -0.05) is 17.4 Å². The second kappa shape index (κ2) is 12.4. The Balaban J connectivity index is 1.72. The fourth-order valence-corrected chi connectivity index (χ4v) is 6.41. The van der Waals surface area contributed by atoms with Crippen molar-refractivity contribution in [3.05, 3.63) is 88.6 Å². The molecule has 0 N–H and O–H groups in total. The first-order valence-electron chi connectivity index (χ1n) is 13.8. The van der Waals surface area contributed by atoms with Crippen LogP contribution in [0, 0.1) is 10.1 Å². The molecule has 2 aromatic carbocycles. The molecule has 3 aromatic rings. The monoisotopic (exact) mass is 607 g/mol. The topological polar surface area (TPSA) is 129 Å². The quantitative estimate of drug-likeness (QED) is 0.216. The largest absolute Gasteiger partial charge is 0.493 e. The molecule has 0 bridgehead atoms. The summed E-state index contributed by atoms with van der Waals surface area (Å²) in [4.78, 5) is 48.0. The third kappa shape index (κ3) is 5.77. The van der Waals surface area contributed by atoms with E-state index in [1.165, 1.54) is 30.9 Å². The fraction of sp³-hybridized carbons (Fsp3) is 0.367. The lowest BCUT2D eigenvalue weighted by atomic mass is 9.95. The number of allylic oxidation sites excluding steroid dienone is 1. The summed E-state index contributed by atoms with van der Waals surface area (Å²) in [6, 6.07) is 9.08. The van der Waals surface area contributed by atoms with Gasteiger partial charge in [-0.3, -0.25) is 19.5 Å². The zero-order valence-corrected chi connectivity index (χ0v) is 25.5. The molecule has 0 spiro atoms. The minimum atomic E-state index is -0.848. The number of piperazine rings is 1. The number of methoxy groups -OCH3 is 2. The summed E-state index contributed by atoms with van der Waals surface area (Å²) in [7, 11) is 5.09. The van der Waals surface area contributed by atoms with Gasteiger partial charge in [0.1, 0.15) is 0 Å². The number of ether oxygens (including phenoxy) is 3. The number of esters is 1. The molecule has 5 rings (SSSR count). The van der Waals surface area contributed by atoms with E-state index in [4.69, 9.17) is 14.2 Å². The SMILES string of the molecule is CCOC(=O)C1=C(C)N=c2s/c(=C\c3cc([N+](=O)[O-])ccc3N3CCN(C)CC3)c(=O)n2C1c1ccc(OC)c(OC)c1. The van der Waals surface area contributed by atoms with E-state index < -0.39 is 16.9 Å². The molecular formula is C30H33N5O7S. The molecule has 43 heavy (non-hydrogen) atoms. The minimum Gasteiger partial charge on any atom is -0.493 e. The molecule has 2 aliphatic rings. The van der Waals surface area contributed by atoms with Crippen LogP contribution in [0.3, 0.4) is 0 Å². The van der Waals surface area contributed by atoms with E-state index in [-0.39, 0.29) is 23.4 Å². The summed E-state index contributed by atoms with van der Waals surface area (Å²) < 4.78 is 18.1. The number of aromatic nitrogens is 1. The third-order valence-electron chi connectivity index (χ3n) is 7.59. The number of hydrogen-bond donors (Lipinski definition) is 0. The van der Waals surface area contributed by atoms with E-state index in [9.17, 15) is 19.7 Å². The normalized spacial score (nSPS) is 17.4. The lowest BCUT2D eigenvalue weighted by Gasteiger charge is -2.34. The van der Waals surface area contributed by atoms with Gasteiger partial charge in [0.2, 0.25) is 0 Å². The zero-order chi connectivity index (χ0) is 30.8. The highest BCUT2D eigenvalue weighted by Crippen LogP contribution is 2.36. The number of anilines is 1. The number of carbonyl (C=O) groups is 1. The molecule has 1 saturated heterocycles. The highest BCUT2D eigenvalue weighted by atomic mass is 32.1. The average Bonchev–Trinajstić information content (AvgIpc) is 3.30. The van der Waals surface area contributed by atoms with Crippen molar-refractivity contribution in [2.75, 3.05) is 59.0 Å². The Hall–Kier alpha value is -4.49. The maximum absolute atomic E-state index is 14.2. The first-order chi connectivity index (χ1) is 20.7. The van der Waals surface area contributed by atoms with Gasteiger partial charge in [0.05, 0.1) is 47.6 Å². The van der Waals surface area contributed by atoms with E-state index in [2.05, 4.69) is 21.8 Å². The summed E-state index contributed by atoms with van der Waals surface area (Å²) in [5.74, 6) is 0.362. The van der Waals surface area contributed by atoms with Crippen molar-refractivity contribution in [3.63, 3.8) is 0 Å². The van der Waals surface area contributed by atoms with Gasteiger partial charge in [0, 0.05) is 49.6 Å². The number of non-ortho nitro benzene ring substituents is 1. The number of likely N-dealkylation sites (N-methyl/N-ethyl adjacent to an activating group) is 1. The number of nitro benzene ring substituents is 1. The Kier molecular flexibility index (Phi) is 8.64. The van der Waals surface area contributed by atoms with Crippen LogP contribution in [0.4, 0.5) is 11.4 Å². The second-order valence-electron chi connectivity index (χ2n) is 10.2. The summed E-state index contributed by atoms with van der Waals surface area (Å²) in [5.41, 5.74) is 2.20. The highest BCUT2D eigenvalue weighted by Gasteiger charge is 2.34. The van der Waals surface area contributed by atoms with Crippen LogP contribution in [0.15, 0.2) is 57.5 Å². The molecule has 1 fully saturated rings. The number of hydrogen-bond acceptors (Lipinski definition) is 11. The van der Waals surface area contributed by atoms with E-state index in [1.54, 1.807) is 44.2 Å². The van der Waals surface area contributed by atoms with Gasteiger partial charge in [-0.2, -0.15) is 0 Å². The Morgan fingerprint density at radius 2 is 1.84 bits per heavy atom. The number of nitrogens with zero attached hydrogens (tertiary/aromatic N) is 5. The van der Waals surface area contributed by atoms with Crippen molar-refractivity contribution in [1.29, 1.82) is 0 Å². The van der Waals surface area contributed by atoms with Crippen molar-refractivity contribution in [3.8, 4) is 11.5 Å². The molecule has 1 atom stereocenters. The van der Waals surface area contributed by atoms with Crippen LogP contribution >= 0.6 is 11.3 Å². The first kappa shape index (κ1) is 30.0. The van der Waals surface area contributed by atoms with Crippen LogP contribution in [0.25, 0.3) is 6.08 Å². The molecule has 1 aromatic heterocycles. The number of carbonyl (C=O) groups excluding carboxylic acids is 1. The molecule has 12 nitrogen and oxygen atoms in total. The average molecular weight is 608 g/mol. The Bertz CT molecular complexity index is 1790. The minimum absolute atomic E-state index is 0.0689. The maximum atomic E-state index is 14.2. The molecular weight excluding hydrogens is 574 g/mol. The van der Waals surface area contributed by atoms with Gasteiger partial charge in [0.15, 0.2) is 16.3 Å². The van der Waals surface area contributed by atoms with Crippen molar-refractivity contribution in [2.45, 2.75) is 19.9 Å². The summed E-state index contributed by atoms with van der Waals surface area (Å²) in [6.45, 7) is 6.77. The third-order valence-corrected chi connectivity index (χ3v) is 8.58. The number of thiazole rings is 1. The van der Waals surface area contributed by atoms with Gasteiger partial charge in [0.25, 0.3) is 11.2 Å². The lowest BCUT2D eigenvalue weighted by Crippen LogP contribution is -2.44. The fourth-order valence-electron chi connectivity index (χ4n) is 5.38. The lowest BCUT2D eigenvalue weighted by molar-refractivity contribution is -0.384. The van der Waals surface area contributed by atoms with Crippen LogP contribution < -0.4 is 29.3 Å². The van der Waals surface area contributed by atoms with Gasteiger partial charge in [-0.05, 0) is 50.7 Å². The number of rotatable bonds is 8. The molecule has 2 aliphatic heterocycles. The molecule has 13 heteroatoms. The molecule has 0 amide bonds. The smallest absolute Gasteiger partial charge is 0.338 e. The molecule has 226 valence electrons. The summed E-state index contributed by atoms with van der Waals surface area (Å²) >= 11 is 1.16. The summed E-state index contributed by atoms with van der Waals surface area (Å²) in [5, 5.41) is 11.7. The van der Waals surface area contributed by atoms with Crippen LogP contribution in [-0.4, -0.2) is 74.4 Å². The predicted molar refractivity (Wildman–Crippen MR) is 163 cm³/mol. The van der Waals surface area contributed by atoms with Crippen molar-refractivity contribution in [2.24, 2.45) is 4.99 Å². The molecule has 0 radical (unpaired) electrons. The first-order valence-corrected chi connectivity index (χ1v) is 14.6. The van der Waals surface area contributed by atoms with E-state index in [0.717, 1.165) is 43.2 Å². The van der Waals surface area contributed by atoms with Crippen LogP contribution in [0.5, 0.6) is 11.5 Å². The zero-order valence-electron chi connectivity index (χ0n) is 24.7. The standard InChI is InChI=1S/C30H33N5O7S/c1-6-42-29(37)26-18(2)31-30-34(27(26)19-7-10-23(40-4)24(16-19)41-5)28(36)25(43-30)17-20-15-21(35(38)39)8-9-22(20)33-13-11-32(3)12-14-33/h7-10,15-17,27H,6,11-14H2,1-5H3/b25-17-. The number of benzene rings is 2. The second-order valence-corrected chi connectivity index (χ2v) is 11.2. The van der Waals surface area contributed by atoms with Crippen molar-refractivity contribution < 1.29 is 23.9 Å². The van der Waals surface area contributed by atoms with E-state index in [1.807, 2.05) is 0 Å². The van der Waals surface area contributed by atoms with Crippen molar-refractivity contribution >= 4 is 34.8 Å². The summed E-state index contributed by atoms with van der Waals surface area (Å²) in [6.07, 6.45) is 1.68. The van der Waals surface area contributed by atoms with Gasteiger partial charge >= 0.3 is 5.97 Å². The Labute approximate surface area is 251 Å². The number of nitro groups is 1. The van der Waals surface area contributed by atoms with Crippen molar-refractivity contribution in [1.82, 2.24) is 9.47 Å². The Morgan fingerprint density at radius 1 is 1.12 bits per heavy atom. The maximum Gasteiger partial charge on any atom is 0.338 e. The molecule has 3 heterocycles.